The van der Waals surface area contributed by atoms with Crippen LogP contribution in [0.4, 0.5) is 5.69 Å². The zero-order valence-corrected chi connectivity index (χ0v) is 21.4. The van der Waals surface area contributed by atoms with Gasteiger partial charge in [0.05, 0.1) is 18.4 Å². The topological polar surface area (TPSA) is 73.4 Å². The lowest BCUT2D eigenvalue weighted by Crippen LogP contribution is -2.45. The van der Waals surface area contributed by atoms with Crippen molar-refractivity contribution < 1.29 is 17.9 Å². The van der Waals surface area contributed by atoms with Gasteiger partial charge in [-0.3, -0.25) is 4.79 Å². The third kappa shape index (κ3) is 4.77. The van der Waals surface area contributed by atoms with E-state index in [4.69, 9.17) is 4.74 Å². The molecule has 2 fully saturated rings. The Morgan fingerprint density at radius 2 is 1.63 bits per heavy atom. The van der Waals surface area contributed by atoms with Gasteiger partial charge in [0.25, 0.3) is 0 Å². The van der Waals surface area contributed by atoms with Crippen LogP contribution in [0.3, 0.4) is 0 Å². The number of hydrogen-bond donors (Lipinski definition) is 0. The number of benzene rings is 2. The molecule has 0 radical (unpaired) electrons. The van der Waals surface area contributed by atoms with E-state index in [9.17, 15) is 13.2 Å². The van der Waals surface area contributed by atoms with Gasteiger partial charge in [0, 0.05) is 69.2 Å². The Labute approximate surface area is 208 Å². The molecule has 9 heteroatoms. The SMILES string of the molecule is COc1ccc(N2CCN(C)CC2)c2c1CCN(C(=O)Cc1ccc(S(=O)(=O)N3CCC3)cc1)C2. The average Bonchev–Trinajstić information content (AvgIpc) is 2.82. The maximum atomic E-state index is 13.3. The number of ether oxygens (including phenoxy) is 1. The molecule has 5 rings (SSSR count). The second-order valence-corrected chi connectivity index (χ2v) is 11.6. The summed E-state index contributed by atoms with van der Waals surface area (Å²) in [6.45, 7) is 6.36. The summed E-state index contributed by atoms with van der Waals surface area (Å²) in [4.78, 5) is 20.2. The van der Waals surface area contributed by atoms with Crippen molar-refractivity contribution >= 4 is 21.6 Å². The van der Waals surface area contributed by atoms with E-state index in [1.165, 1.54) is 21.1 Å². The number of carbonyl (C=O) groups is 1. The largest absolute Gasteiger partial charge is 0.496 e. The Bertz CT molecular complexity index is 1190. The molecule has 0 unspecified atom stereocenters. The molecule has 0 aliphatic carbocycles. The lowest BCUT2D eigenvalue weighted by molar-refractivity contribution is -0.131. The zero-order valence-electron chi connectivity index (χ0n) is 20.6. The minimum atomic E-state index is -3.41. The number of anilines is 1. The van der Waals surface area contributed by atoms with Gasteiger partial charge >= 0.3 is 0 Å². The Balaban J connectivity index is 1.31. The van der Waals surface area contributed by atoms with Gasteiger partial charge < -0.3 is 19.4 Å². The van der Waals surface area contributed by atoms with Crippen molar-refractivity contribution in [3.8, 4) is 5.75 Å². The smallest absolute Gasteiger partial charge is 0.243 e. The van der Waals surface area contributed by atoms with E-state index in [1.807, 2.05) is 4.90 Å². The number of nitrogens with zero attached hydrogens (tertiary/aromatic N) is 4. The van der Waals surface area contributed by atoms with Gasteiger partial charge in [-0.2, -0.15) is 4.31 Å². The van der Waals surface area contributed by atoms with Crippen molar-refractivity contribution in [1.29, 1.82) is 0 Å². The highest BCUT2D eigenvalue weighted by atomic mass is 32.2. The van der Waals surface area contributed by atoms with Crippen LogP contribution in [0.1, 0.15) is 23.1 Å². The normalized spacial score (nSPS) is 19.3. The van der Waals surface area contributed by atoms with Crippen molar-refractivity contribution in [2.75, 3.05) is 64.9 Å². The van der Waals surface area contributed by atoms with Crippen LogP contribution in [-0.2, 0) is 34.2 Å². The molecule has 2 saturated heterocycles. The molecule has 0 N–H and O–H groups in total. The van der Waals surface area contributed by atoms with Crippen LogP contribution in [-0.4, -0.2) is 88.4 Å². The highest BCUT2D eigenvalue weighted by Crippen LogP contribution is 2.36. The van der Waals surface area contributed by atoms with Crippen LogP contribution >= 0.6 is 0 Å². The Kier molecular flexibility index (Phi) is 6.74. The molecular formula is C26H34N4O4S. The van der Waals surface area contributed by atoms with E-state index in [2.05, 4.69) is 29.0 Å². The summed E-state index contributed by atoms with van der Waals surface area (Å²) in [5.74, 6) is 0.949. The molecule has 2 aromatic rings. The summed E-state index contributed by atoms with van der Waals surface area (Å²) < 4.78 is 32.3. The highest BCUT2D eigenvalue weighted by molar-refractivity contribution is 7.89. The van der Waals surface area contributed by atoms with Crippen molar-refractivity contribution in [3.63, 3.8) is 0 Å². The number of methoxy groups -OCH3 is 1. The number of rotatable bonds is 6. The van der Waals surface area contributed by atoms with Crippen LogP contribution in [0.25, 0.3) is 0 Å². The van der Waals surface area contributed by atoms with Crippen molar-refractivity contribution in [2.24, 2.45) is 0 Å². The molecule has 3 aliphatic rings. The fourth-order valence-electron chi connectivity index (χ4n) is 5.12. The molecule has 2 aromatic carbocycles. The number of likely N-dealkylation sites (N-methyl/N-ethyl adjacent to an activating group) is 1. The summed E-state index contributed by atoms with van der Waals surface area (Å²) in [6.07, 6.45) is 1.93. The van der Waals surface area contributed by atoms with Gasteiger partial charge in [-0.05, 0) is 49.7 Å². The number of hydrogen-bond acceptors (Lipinski definition) is 6. The summed E-state index contributed by atoms with van der Waals surface area (Å²) in [5, 5.41) is 0. The maximum absolute atomic E-state index is 13.3. The van der Waals surface area contributed by atoms with E-state index in [1.54, 1.807) is 31.4 Å². The lowest BCUT2D eigenvalue weighted by atomic mass is 9.95. The van der Waals surface area contributed by atoms with Gasteiger partial charge in [0.2, 0.25) is 15.9 Å². The summed E-state index contributed by atoms with van der Waals surface area (Å²) in [7, 11) is 0.441. The van der Waals surface area contributed by atoms with E-state index >= 15 is 0 Å². The molecule has 0 spiro atoms. The number of sulfonamides is 1. The van der Waals surface area contributed by atoms with Gasteiger partial charge in [0.15, 0.2) is 0 Å². The van der Waals surface area contributed by atoms with Crippen LogP contribution < -0.4 is 9.64 Å². The predicted octanol–water partition coefficient (Wildman–Crippen LogP) is 1.97. The second-order valence-electron chi connectivity index (χ2n) is 9.68. The first-order valence-electron chi connectivity index (χ1n) is 12.4. The molecule has 8 nitrogen and oxygen atoms in total. The molecule has 1 amide bonds. The lowest BCUT2D eigenvalue weighted by Gasteiger charge is -2.38. The van der Waals surface area contributed by atoms with Crippen LogP contribution in [0.5, 0.6) is 5.75 Å². The third-order valence-electron chi connectivity index (χ3n) is 7.49. The summed E-state index contributed by atoms with van der Waals surface area (Å²) >= 11 is 0. The highest BCUT2D eigenvalue weighted by Gasteiger charge is 2.30. The van der Waals surface area contributed by atoms with E-state index < -0.39 is 10.0 Å². The van der Waals surface area contributed by atoms with E-state index in [0.29, 0.717) is 31.1 Å². The van der Waals surface area contributed by atoms with Crippen LogP contribution in [0, 0.1) is 0 Å². The standard InChI is InChI=1S/C26H34N4O4S/c1-27-14-16-28(17-15-27)24-8-9-25(34-2)22-10-13-29(19-23(22)24)26(31)18-20-4-6-21(7-5-20)35(32,33)30-11-3-12-30/h4-9H,3,10-19H2,1-2H3. The van der Waals surface area contributed by atoms with E-state index in [-0.39, 0.29) is 12.3 Å². The molecule has 0 saturated carbocycles. The van der Waals surface area contributed by atoms with Gasteiger partial charge in [-0.15, -0.1) is 0 Å². The summed E-state index contributed by atoms with van der Waals surface area (Å²) in [6, 6.07) is 11.0. The summed E-state index contributed by atoms with van der Waals surface area (Å²) in [5.41, 5.74) is 4.42. The average molecular weight is 499 g/mol. The number of fused-ring (bicyclic) bond motifs is 1. The van der Waals surface area contributed by atoms with Gasteiger partial charge in [0.1, 0.15) is 5.75 Å². The predicted molar refractivity (Wildman–Crippen MR) is 135 cm³/mol. The van der Waals surface area contributed by atoms with Crippen LogP contribution in [0.2, 0.25) is 0 Å². The molecule has 3 heterocycles. The number of amides is 1. The second kappa shape index (κ2) is 9.79. The minimum Gasteiger partial charge on any atom is -0.496 e. The van der Waals surface area contributed by atoms with Crippen molar-refractivity contribution in [1.82, 2.24) is 14.1 Å². The van der Waals surface area contributed by atoms with Gasteiger partial charge in [-0.25, -0.2) is 8.42 Å². The van der Waals surface area contributed by atoms with Crippen LogP contribution in [0.15, 0.2) is 41.3 Å². The molecule has 0 atom stereocenters. The molecule has 35 heavy (non-hydrogen) atoms. The first-order valence-corrected chi connectivity index (χ1v) is 13.8. The Morgan fingerprint density at radius 3 is 2.26 bits per heavy atom. The van der Waals surface area contributed by atoms with Crippen molar-refractivity contribution in [3.05, 3.63) is 53.1 Å². The van der Waals surface area contributed by atoms with Gasteiger partial charge in [-0.1, -0.05) is 12.1 Å². The molecule has 0 bridgehead atoms. The Morgan fingerprint density at radius 1 is 0.914 bits per heavy atom. The first-order chi connectivity index (χ1) is 16.9. The zero-order chi connectivity index (χ0) is 24.6. The fraction of sp³-hybridized carbons (Fsp3) is 0.500. The van der Waals surface area contributed by atoms with Crippen molar-refractivity contribution in [2.45, 2.75) is 30.7 Å². The number of piperazine rings is 1. The monoisotopic (exact) mass is 498 g/mol. The molecular weight excluding hydrogens is 464 g/mol. The fourth-order valence-corrected chi connectivity index (χ4v) is 6.63. The van der Waals surface area contributed by atoms with E-state index in [0.717, 1.165) is 50.3 Å². The molecule has 3 aliphatic heterocycles. The Hall–Kier alpha value is -2.62. The number of carbonyl (C=O) groups excluding carboxylic acids is 1. The molecule has 0 aromatic heterocycles. The maximum Gasteiger partial charge on any atom is 0.243 e. The quantitative estimate of drug-likeness (QED) is 0.607. The minimum absolute atomic E-state index is 0.0566. The molecule has 188 valence electrons. The third-order valence-corrected chi connectivity index (χ3v) is 9.41. The first kappa shape index (κ1) is 24.1.